The molecule has 0 amide bonds. The number of quaternary nitrogens is 1. The molecular weight excluding hydrogens is 342 g/mol. The van der Waals surface area contributed by atoms with Gasteiger partial charge in [0.25, 0.3) is 0 Å². The molecule has 3 aromatic carbocycles. The van der Waals surface area contributed by atoms with Gasteiger partial charge in [0.15, 0.2) is 0 Å². The standard InChI is InChI=1S/C25H25N3/c1-20-18-28(19-21-11-5-2-6-12-21)25(22-13-7-3-8-14-22)17-24(20)27-26-23-15-9-4-10-16-23/h2-16,25H,17-19H2,1H3/p+1/t25-/m1/s1. The van der Waals surface area contributed by atoms with Crippen LogP contribution >= 0.6 is 0 Å². The fraction of sp³-hybridized carbons (Fsp3) is 0.200. The van der Waals surface area contributed by atoms with E-state index in [1.54, 1.807) is 4.90 Å². The van der Waals surface area contributed by atoms with Gasteiger partial charge in [-0.3, -0.25) is 0 Å². The lowest BCUT2D eigenvalue weighted by Gasteiger charge is -2.33. The van der Waals surface area contributed by atoms with E-state index in [0.29, 0.717) is 6.04 Å². The molecule has 0 spiro atoms. The second-order valence-corrected chi connectivity index (χ2v) is 7.43. The van der Waals surface area contributed by atoms with Crippen molar-refractivity contribution >= 4 is 5.69 Å². The van der Waals surface area contributed by atoms with E-state index in [4.69, 9.17) is 0 Å². The minimum atomic E-state index is 0.384. The Hall–Kier alpha value is -3.04. The van der Waals surface area contributed by atoms with Crippen molar-refractivity contribution in [2.75, 3.05) is 6.54 Å². The topological polar surface area (TPSA) is 29.2 Å². The highest BCUT2D eigenvalue weighted by atomic mass is 15.2. The first-order valence-corrected chi connectivity index (χ1v) is 9.88. The predicted molar refractivity (Wildman–Crippen MR) is 113 cm³/mol. The van der Waals surface area contributed by atoms with Gasteiger partial charge in [-0.15, -0.1) is 0 Å². The second kappa shape index (κ2) is 8.77. The van der Waals surface area contributed by atoms with Crippen LogP contribution in [0.1, 0.15) is 30.5 Å². The normalized spacial score (nSPS) is 19.9. The first kappa shape index (κ1) is 18.3. The van der Waals surface area contributed by atoms with Crippen LogP contribution < -0.4 is 4.90 Å². The largest absolute Gasteiger partial charge is 0.321 e. The van der Waals surface area contributed by atoms with Crippen molar-refractivity contribution < 1.29 is 4.90 Å². The van der Waals surface area contributed by atoms with Gasteiger partial charge >= 0.3 is 0 Å². The van der Waals surface area contributed by atoms with E-state index in [-0.39, 0.29) is 0 Å². The molecule has 0 aromatic heterocycles. The Morgan fingerprint density at radius 2 is 1.39 bits per heavy atom. The molecule has 1 heterocycles. The Kier molecular flexibility index (Phi) is 5.74. The van der Waals surface area contributed by atoms with Crippen LogP contribution in [-0.4, -0.2) is 6.54 Å². The third-order valence-electron chi connectivity index (χ3n) is 5.39. The quantitative estimate of drug-likeness (QED) is 0.594. The number of nitrogens with one attached hydrogen (secondary N) is 1. The number of nitrogens with zero attached hydrogens (tertiary/aromatic N) is 2. The van der Waals surface area contributed by atoms with Crippen molar-refractivity contribution in [3.8, 4) is 0 Å². The molecule has 0 aliphatic carbocycles. The Morgan fingerprint density at radius 3 is 2.07 bits per heavy atom. The second-order valence-electron chi connectivity index (χ2n) is 7.43. The van der Waals surface area contributed by atoms with Crippen molar-refractivity contribution in [2.45, 2.75) is 25.9 Å². The van der Waals surface area contributed by atoms with E-state index in [2.05, 4.69) is 77.8 Å². The van der Waals surface area contributed by atoms with Crippen LogP contribution in [0.5, 0.6) is 0 Å². The summed E-state index contributed by atoms with van der Waals surface area (Å²) in [5.74, 6) is 0. The number of azo groups is 1. The molecule has 1 aliphatic rings. The van der Waals surface area contributed by atoms with Crippen LogP contribution in [-0.2, 0) is 6.54 Å². The molecule has 0 saturated heterocycles. The zero-order chi connectivity index (χ0) is 19.2. The summed E-state index contributed by atoms with van der Waals surface area (Å²) in [6, 6.07) is 31.9. The molecule has 2 atom stereocenters. The summed E-state index contributed by atoms with van der Waals surface area (Å²) in [5.41, 5.74) is 6.10. The highest BCUT2D eigenvalue weighted by Crippen LogP contribution is 2.26. The maximum absolute atomic E-state index is 4.64. The van der Waals surface area contributed by atoms with E-state index < -0.39 is 0 Å². The number of benzene rings is 3. The molecule has 3 nitrogen and oxygen atoms in total. The van der Waals surface area contributed by atoms with Gasteiger partial charge in [-0.1, -0.05) is 78.9 Å². The van der Waals surface area contributed by atoms with Gasteiger partial charge in [0.2, 0.25) is 0 Å². The smallest absolute Gasteiger partial charge is 0.119 e. The fourth-order valence-corrected chi connectivity index (χ4v) is 3.90. The lowest BCUT2D eigenvalue weighted by molar-refractivity contribution is -0.942. The Morgan fingerprint density at radius 1 is 0.786 bits per heavy atom. The van der Waals surface area contributed by atoms with Crippen LogP contribution in [0.15, 0.2) is 112 Å². The van der Waals surface area contributed by atoms with E-state index in [1.165, 1.54) is 16.7 Å². The average Bonchev–Trinajstić information content (AvgIpc) is 2.75. The third-order valence-corrected chi connectivity index (χ3v) is 5.39. The lowest BCUT2D eigenvalue weighted by Crippen LogP contribution is -3.11. The highest BCUT2D eigenvalue weighted by Gasteiger charge is 2.31. The molecule has 0 bridgehead atoms. The van der Waals surface area contributed by atoms with Crippen LogP contribution in [0.2, 0.25) is 0 Å². The number of hydrogen-bond acceptors (Lipinski definition) is 2. The molecular formula is C25H26N3+. The molecule has 0 saturated carbocycles. The van der Waals surface area contributed by atoms with Crippen molar-refractivity contribution in [2.24, 2.45) is 10.2 Å². The van der Waals surface area contributed by atoms with Crippen molar-refractivity contribution in [1.82, 2.24) is 0 Å². The Bertz CT molecular complexity index is 947. The molecule has 140 valence electrons. The van der Waals surface area contributed by atoms with Gasteiger partial charge in [0, 0.05) is 23.1 Å². The Labute approximate surface area is 167 Å². The van der Waals surface area contributed by atoms with Gasteiger partial charge < -0.3 is 4.90 Å². The Balaban J connectivity index is 1.61. The number of rotatable bonds is 5. The lowest BCUT2D eigenvalue weighted by atomic mass is 9.93. The van der Waals surface area contributed by atoms with Gasteiger partial charge in [-0.05, 0) is 19.1 Å². The summed E-state index contributed by atoms with van der Waals surface area (Å²) >= 11 is 0. The summed E-state index contributed by atoms with van der Waals surface area (Å²) in [7, 11) is 0. The average molecular weight is 369 g/mol. The van der Waals surface area contributed by atoms with E-state index >= 15 is 0 Å². The van der Waals surface area contributed by atoms with Gasteiger partial charge in [0.05, 0.1) is 11.4 Å². The zero-order valence-electron chi connectivity index (χ0n) is 16.3. The minimum Gasteiger partial charge on any atom is -0.321 e. The summed E-state index contributed by atoms with van der Waals surface area (Å²) in [6.45, 7) is 4.20. The molecule has 4 rings (SSSR count). The highest BCUT2D eigenvalue weighted by molar-refractivity contribution is 5.35. The summed E-state index contributed by atoms with van der Waals surface area (Å²) in [5, 5.41) is 9.12. The predicted octanol–water partition coefficient (Wildman–Crippen LogP) is 5.27. The maximum Gasteiger partial charge on any atom is 0.119 e. The summed E-state index contributed by atoms with van der Waals surface area (Å²) in [4.78, 5) is 1.56. The molecule has 3 aromatic rings. The molecule has 0 radical (unpaired) electrons. The van der Waals surface area contributed by atoms with E-state index in [0.717, 1.165) is 30.9 Å². The molecule has 1 N–H and O–H groups in total. The molecule has 1 aliphatic heterocycles. The third kappa shape index (κ3) is 4.44. The van der Waals surface area contributed by atoms with Gasteiger partial charge in [0.1, 0.15) is 19.1 Å². The first-order chi connectivity index (χ1) is 13.8. The monoisotopic (exact) mass is 368 g/mol. The van der Waals surface area contributed by atoms with Gasteiger partial charge in [-0.2, -0.15) is 10.2 Å². The van der Waals surface area contributed by atoms with Crippen LogP contribution in [0.4, 0.5) is 5.69 Å². The summed E-state index contributed by atoms with van der Waals surface area (Å²) < 4.78 is 0. The minimum absolute atomic E-state index is 0.384. The van der Waals surface area contributed by atoms with Crippen LogP contribution in [0, 0.1) is 0 Å². The zero-order valence-corrected chi connectivity index (χ0v) is 16.3. The maximum atomic E-state index is 4.64. The summed E-state index contributed by atoms with van der Waals surface area (Å²) in [6.07, 6.45) is 0.911. The van der Waals surface area contributed by atoms with Crippen molar-refractivity contribution in [1.29, 1.82) is 0 Å². The van der Waals surface area contributed by atoms with Crippen LogP contribution in [0.25, 0.3) is 0 Å². The number of hydrogen-bond donors (Lipinski definition) is 1. The van der Waals surface area contributed by atoms with Crippen LogP contribution in [0.3, 0.4) is 0 Å². The molecule has 0 fully saturated rings. The van der Waals surface area contributed by atoms with Gasteiger partial charge in [-0.25, -0.2) is 0 Å². The first-order valence-electron chi connectivity index (χ1n) is 9.88. The van der Waals surface area contributed by atoms with E-state index in [1.807, 2.05) is 30.3 Å². The van der Waals surface area contributed by atoms with E-state index in [9.17, 15) is 0 Å². The fourth-order valence-electron chi connectivity index (χ4n) is 3.90. The molecule has 28 heavy (non-hydrogen) atoms. The van der Waals surface area contributed by atoms with Crippen molar-refractivity contribution in [3.63, 3.8) is 0 Å². The SMILES string of the molecule is CC1=C(N=Nc2ccccc2)C[C@H](c2ccccc2)[NH+](Cc2ccccc2)C1. The molecule has 3 heteroatoms. The van der Waals surface area contributed by atoms with Crippen molar-refractivity contribution in [3.05, 3.63) is 113 Å². The molecule has 1 unspecified atom stereocenters.